The van der Waals surface area contributed by atoms with Crippen LogP contribution < -0.4 is 0 Å². The summed E-state index contributed by atoms with van der Waals surface area (Å²) in [5.41, 5.74) is 1.35. The molecule has 0 atom stereocenters. The summed E-state index contributed by atoms with van der Waals surface area (Å²) in [6, 6.07) is 12.7. The molecule has 33 heavy (non-hydrogen) atoms. The normalized spacial score (nSPS) is 14.4. The minimum Gasteiger partial charge on any atom is -0.467 e. The van der Waals surface area contributed by atoms with Crippen LogP contribution in [0.15, 0.2) is 77.2 Å². The first-order valence-corrected chi connectivity index (χ1v) is 12.9. The van der Waals surface area contributed by atoms with E-state index in [0.717, 1.165) is 25.7 Å². The van der Waals surface area contributed by atoms with Gasteiger partial charge in [0.25, 0.3) is 0 Å². The van der Waals surface area contributed by atoms with Crippen molar-refractivity contribution >= 4 is 15.7 Å². The molecule has 1 aliphatic rings. The van der Waals surface area contributed by atoms with Gasteiger partial charge in [-0.15, -0.1) is 6.58 Å². The molecule has 174 valence electrons. The number of allylic oxidation sites excluding steroid dienone is 1. The molecule has 1 saturated carbocycles. The van der Waals surface area contributed by atoms with Crippen molar-refractivity contribution in [2.75, 3.05) is 0 Å². The number of carbonyl (C=O) groups excluding carboxylic acids is 1. The van der Waals surface area contributed by atoms with Crippen molar-refractivity contribution in [2.45, 2.75) is 56.2 Å². The summed E-state index contributed by atoms with van der Waals surface area (Å²) >= 11 is 0. The Labute approximate surface area is 194 Å². The van der Waals surface area contributed by atoms with Crippen LogP contribution in [-0.4, -0.2) is 28.8 Å². The maximum atomic E-state index is 13.3. The molecule has 4 rings (SSSR count). The van der Waals surface area contributed by atoms with Crippen LogP contribution in [0.2, 0.25) is 0 Å². The maximum Gasteiger partial charge on any atom is 0.228 e. The molecule has 1 aromatic carbocycles. The number of hydrogen-bond donors (Lipinski definition) is 0. The zero-order chi connectivity index (χ0) is 23.3. The molecule has 0 bridgehead atoms. The monoisotopic (exact) mass is 467 g/mol. The molecule has 0 spiro atoms. The molecule has 0 N–H and O–H groups in total. The van der Waals surface area contributed by atoms with Crippen molar-refractivity contribution in [1.82, 2.24) is 14.5 Å². The first-order chi connectivity index (χ1) is 16.0. The predicted molar refractivity (Wildman–Crippen MR) is 125 cm³/mol. The third kappa shape index (κ3) is 5.45. The lowest BCUT2D eigenvalue weighted by molar-refractivity contribution is -0.137. The first kappa shape index (κ1) is 23.0. The van der Waals surface area contributed by atoms with Crippen molar-refractivity contribution < 1.29 is 17.6 Å². The molecule has 0 radical (unpaired) electrons. The van der Waals surface area contributed by atoms with E-state index in [-0.39, 0.29) is 35.8 Å². The molecule has 1 amide bonds. The number of amides is 1. The smallest absolute Gasteiger partial charge is 0.228 e. The predicted octanol–water partition coefficient (Wildman–Crippen LogP) is 4.36. The quantitative estimate of drug-likeness (QED) is 0.414. The summed E-state index contributed by atoms with van der Waals surface area (Å²) in [7, 11) is -3.68. The number of carbonyl (C=O) groups is 1. The Morgan fingerprint density at radius 2 is 1.91 bits per heavy atom. The molecular weight excluding hydrogens is 438 g/mol. The van der Waals surface area contributed by atoms with Gasteiger partial charge in [0.15, 0.2) is 0 Å². The fourth-order valence-electron chi connectivity index (χ4n) is 4.38. The molecule has 2 aromatic heterocycles. The third-order valence-corrected chi connectivity index (χ3v) is 7.58. The van der Waals surface area contributed by atoms with Gasteiger partial charge < -0.3 is 13.9 Å². The summed E-state index contributed by atoms with van der Waals surface area (Å²) in [6.45, 7) is 4.64. The van der Waals surface area contributed by atoms with E-state index in [2.05, 4.69) is 11.6 Å². The number of benzene rings is 1. The van der Waals surface area contributed by atoms with E-state index < -0.39 is 9.84 Å². The summed E-state index contributed by atoms with van der Waals surface area (Å²) in [5.74, 6) is 0.618. The topological polar surface area (TPSA) is 85.4 Å². The van der Waals surface area contributed by atoms with Crippen LogP contribution in [0.4, 0.5) is 0 Å². The molecule has 0 saturated heterocycles. The number of aromatic nitrogens is 2. The Morgan fingerprint density at radius 1 is 1.15 bits per heavy atom. The fourth-order valence-corrected chi connectivity index (χ4v) is 5.88. The molecule has 1 fully saturated rings. The number of furan rings is 1. The number of sulfone groups is 1. The lowest BCUT2D eigenvalue weighted by Crippen LogP contribution is -2.35. The molecule has 8 heteroatoms. The molecule has 3 aromatic rings. The van der Waals surface area contributed by atoms with Crippen LogP contribution in [0.1, 0.15) is 42.7 Å². The van der Waals surface area contributed by atoms with Gasteiger partial charge in [-0.1, -0.05) is 49.2 Å². The van der Waals surface area contributed by atoms with Gasteiger partial charge in [-0.05, 0) is 30.5 Å². The van der Waals surface area contributed by atoms with Gasteiger partial charge in [0.2, 0.25) is 20.9 Å². The fraction of sp³-hybridized carbons (Fsp3) is 0.360. The van der Waals surface area contributed by atoms with Gasteiger partial charge in [-0.3, -0.25) is 4.79 Å². The second-order valence-corrected chi connectivity index (χ2v) is 10.3. The summed E-state index contributed by atoms with van der Waals surface area (Å²) < 4.78 is 33.5. The highest BCUT2D eigenvalue weighted by atomic mass is 32.2. The van der Waals surface area contributed by atoms with Crippen molar-refractivity contribution in [3.63, 3.8) is 0 Å². The molecule has 7 nitrogen and oxygen atoms in total. The lowest BCUT2D eigenvalue weighted by atomic mass is 10.1. The van der Waals surface area contributed by atoms with E-state index in [1.807, 2.05) is 24.3 Å². The number of imidazole rings is 1. The van der Waals surface area contributed by atoms with Gasteiger partial charge in [0, 0.05) is 12.5 Å². The Morgan fingerprint density at radius 3 is 2.58 bits per heavy atom. The van der Waals surface area contributed by atoms with Crippen LogP contribution in [0.5, 0.6) is 0 Å². The van der Waals surface area contributed by atoms with E-state index in [0.29, 0.717) is 23.6 Å². The highest BCUT2D eigenvalue weighted by molar-refractivity contribution is 7.90. The van der Waals surface area contributed by atoms with E-state index in [1.165, 1.54) is 0 Å². The molecule has 1 aliphatic carbocycles. The average molecular weight is 468 g/mol. The molecule has 0 aliphatic heterocycles. The molecular formula is C25H29N3O4S. The van der Waals surface area contributed by atoms with Crippen molar-refractivity contribution in [1.29, 1.82) is 0 Å². The van der Waals surface area contributed by atoms with Gasteiger partial charge in [-0.2, -0.15) is 0 Å². The van der Waals surface area contributed by atoms with Gasteiger partial charge in [0.1, 0.15) is 5.76 Å². The van der Waals surface area contributed by atoms with E-state index in [9.17, 15) is 13.2 Å². The molecule has 0 unspecified atom stereocenters. The summed E-state index contributed by atoms with van der Waals surface area (Å²) in [4.78, 5) is 19.3. The Balaban J connectivity index is 1.62. The average Bonchev–Trinajstić information content (AvgIpc) is 3.57. The number of hydrogen-bond acceptors (Lipinski definition) is 5. The lowest BCUT2D eigenvalue weighted by Gasteiger charge is -2.25. The standard InChI is InChI=1S/C25H29N3O4S/c1-2-14-28-22(16-26-25(28)33(30,31)19-20-9-4-3-5-10-20)17-27(18-23-13-8-15-32-23)24(29)21-11-6-7-12-21/h2-5,8-10,13,15-16,21H,1,6-7,11-12,14,17-19H2. The third-order valence-electron chi connectivity index (χ3n) is 5.99. The van der Waals surface area contributed by atoms with Crippen LogP contribution >= 0.6 is 0 Å². The van der Waals surface area contributed by atoms with E-state index >= 15 is 0 Å². The second-order valence-electron chi connectivity index (χ2n) is 8.43. The minimum atomic E-state index is -3.68. The van der Waals surface area contributed by atoms with Crippen LogP contribution in [0.3, 0.4) is 0 Å². The zero-order valence-electron chi connectivity index (χ0n) is 18.6. The maximum absolute atomic E-state index is 13.3. The van der Waals surface area contributed by atoms with Gasteiger partial charge >= 0.3 is 0 Å². The number of nitrogens with zero attached hydrogens (tertiary/aromatic N) is 3. The highest BCUT2D eigenvalue weighted by Crippen LogP contribution is 2.28. The minimum absolute atomic E-state index is 0.00276. The van der Waals surface area contributed by atoms with Gasteiger partial charge in [0.05, 0.1) is 37.0 Å². The summed E-state index contributed by atoms with van der Waals surface area (Å²) in [6.07, 6.45) is 8.67. The van der Waals surface area contributed by atoms with E-state index in [4.69, 9.17) is 4.42 Å². The Hall–Kier alpha value is -3.13. The second kappa shape index (κ2) is 10.2. The van der Waals surface area contributed by atoms with E-state index in [1.54, 1.807) is 46.2 Å². The zero-order valence-corrected chi connectivity index (χ0v) is 19.4. The SMILES string of the molecule is C=CCn1c(CN(Cc2ccco2)C(=O)C2CCCC2)cnc1S(=O)(=O)Cc1ccccc1. The first-order valence-electron chi connectivity index (χ1n) is 11.2. The van der Waals surface area contributed by atoms with Crippen molar-refractivity contribution in [2.24, 2.45) is 5.92 Å². The highest BCUT2D eigenvalue weighted by Gasteiger charge is 2.30. The van der Waals surface area contributed by atoms with Gasteiger partial charge in [-0.25, -0.2) is 13.4 Å². The number of rotatable bonds is 10. The van der Waals surface area contributed by atoms with Crippen molar-refractivity contribution in [3.8, 4) is 0 Å². The van der Waals surface area contributed by atoms with Crippen molar-refractivity contribution in [3.05, 3.63) is 84.6 Å². The van der Waals surface area contributed by atoms with Crippen LogP contribution in [-0.2, 0) is 40.0 Å². The Kier molecular flexibility index (Phi) is 7.13. The summed E-state index contributed by atoms with van der Waals surface area (Å²) in [5, 5.41) is -0.00693. The van der Waals surface area contributed by atoms with Crippen LogP contribution in [0, 0.1) is 5.92 Å². The Bertz CT molecular complexity index is 1180. The molecule has 2 heterocycles. The van der Waals surface area contributed by atoms with Crippen LogP contribution in [0.25, 0.3) is 0 Å². The largest absolute Gasteiger partial charge is 0.467 e.